The second-order valence-corrected chi connectivity index (χ2v) is 5.09. The highest BCUT2D eigenvalue weighted by atomic mass is 32.2. The molecule has 0 saturated carbocycles. The second kappa shape index (κ2) is 3.24. The lowest BCUT2D eigenvalue weighted by atomic mass is 10.2. The molecule has 1 aromatic carbocycles. The van der Waals surface area contributed by atoms with E-state index >= 15 is 0 Å². The van der Waals surface area contributed by atoms with Crippen molar-refractivity contribution in [3.8, 4) is 0 Å². The van der Waals surface area contributed by atoms with Crippen LogP contribution in [-0.2, 0) is 10.0 Å². The van der Waals surface area contributed by atoms with Gasteiger partial charge in [0.15, 0.2) is 0 Å². The van der Waals surface area contributed by atoms with Gasteiger partial charge in [0, 0.05) is 17.0 Å². The molecule has 0 aliphatic rings. The molecule has 1 aromatic heterocycles. The number of hydrogen-bond donors (Lipinski definition) is 0. The molecule has 0 saturated heterocycles. The van der Waals surface area contributed by atoms with Crippen LogP contribution in [0.25, 0.3) is 10.9 Å². The molecule has 0 atom stereocenters. The molecule has 0 aliphatic heterocycles. The zero-order valence-corrected chi connectivity index (χ0v) is 9.16. The molecule has 1 heterocycles. The van der Waals surface area contributed by atoms with Crippen LogP contribution in [0.3, 0.4) is 0 Å². The highest BCUT2D eigenvalue weighted by Crippen LogP contribution is 2.22. The standard InChI is InChI=1S/C11H11NO2S/c1-3-15(13,14)12-8-9(2)10-6-4-5-7-11(10)12/h3-8H,1H2,2H3. The van der Waals surface area contributed by atoms with Gasteiger partial charge in [-0.05, 0) is 18.6 Å². The van der Waals surface area contributed by atoms with Crippen LogP contribution < -0.4 is 0 Å². The molecular weight excluding hydrogens is 210 g/mol. The van der Waals surface area contributed by atoms with Crippen molar-refractivity contribution in [2.45, 2.75) is 6.92 Å². The van der Waals surface area contributed by atoms with Crippen LogP contribution in [-0.4, -0.2) is 12.4 Å². The van der Waals surface area contributed by atoms with Crippen molar-refractivity contribution < 1.29 is 8.42 Å². The lowest BCUT2D eigenvalue weighted by Gasteiger charge is -2.01. The molecule has 2 rings (SSSR count). The predicted molar refractivity (Wildman–Crippen MR) is 61.2 cm³/mol. The van der Waals surface area contributed by atoms with Gasteiger partial charge in [-0.15, -0.1) is 0 Å². The summed E-state index contributed by atoms with van der Waals surface area (Å²) >= 11 is 0. The SMILES string of the molecule is C=CS(=O)(=O)n1cc(C)c2ccccc21. The minimum atomic E-state index is -3.42. The van der Waals surface area contributed by atoms with Gasteiger partial charge < -0.3 is 0 Å². The van der Waals surface area contributed by atoms with E-state index in [0.717, 1.165) is 16.4 Å². The second-order valence-electron chi connectivity index (χ2n) is 3.34. The van der Waals surface area contributed by atoms with E-state index in [1.54, 1.807) is 12.3 Å². The van der Waals surface area contributed by atoms with E-state index in [1.165, 1.54) is 3.97 Å². The van der Waals surface area contributed by atoms with Crippen molar-refractivity contribution in [2.24, 2.45) is 0 Å². The van der Waals surface area contributed by atoms with Gasteiger partial charge in [0.05, 0.1) is 5.52 Å². The third kappa shape index (κ3) is 1.47. The number of aryl methyl sites for hydroxylation is 1. The molecule has 0 spiro atoms. The van der Waals surface area contributed by atoms with Crippen molar-refractivity contribution in [3.63, 3.8) is 0 Å². The van der Waals surface area contributed by atoms with Gasteiger partial charge in [0.2, 0.25) is 0 Å². The van der Waals surface area contributed by atoms with E-state index in [0.29, 0.717) is 5.52 Å². The molecule has 15 heavy (non-hydrogen) atoms. The Kier molecular flexibility index (Phi) is 2.16. The monoisotopic (exact) mass is 221 g/mol. The summed E-state index contributed by atoms with van der Waals surface area (Å²) in [5.74, 6) is 0. The Labute approximate surface area is 88.7 Å². The van der Waals surface area contributed by atoms with Crippen LogP contribution in [0.2, 0.25) is 0 Å². The lowest BCUT2D eigenvalue weighted by molar-refractivity contribution is 0.598. The summed E-state index contributed by atoms with van der Waals surface area (Å²) in [7, 11) is -3.42. The van der Waals surface area contributed by atoms with Gasteiger partial charge in [-0.25, -0.2) is 12.4 Å². The van der Waals surface area contributed by atoms with Crippen LogP contribution in [0.1, 0.15) is 5.56 Å². The maximum Gasteiger partial charge on any atom is 0.260 e. The van der Waals surface area contributed by atoms with Gasteiger partial charge in [-0.3, -0.25) is 0 Å². The summed E-state index contributed by atoms with van der Waals surface area (Å²) in [6.07, 6.45) is 1.61. The highest BCUT2D eigenvalue weighted by Gasteiger charge is 2.13. The first-order valence-corrected chi connectivity index (χ1v) is 6.01. The van der Waals surface area contributed by atoms with E-state index in [9.17, 15) is 8.42 Å². The molecule has 0 amide bonds. The first-order valence-electron chi connectivity index (χ1n) is 4.51. The van der Waals surface area contributed by atoms with Crippen molar-refractivity contribution in [1.29, 1.82) is 0 Å². The number of hydrogen-bond acceptors (Lipinski definition) is 2. The average molecular weight is 221 g/mol. The summed E-state index contributed by atoms with van der Waals surface area (Å²) in [6.45, 7) is 5.20. The lowest BCUT2D eigenvalue weighted by Crippen LogP contribution is -2.06. The number of benzene rings is 1. The molecule has 0 N–H and O–H groups in total. The topological polar surface area (TPSA) is 39.1 Å². The Morgan fingerprint density at radius 3 is 2.67 bits per heavy atom. The van der Waals surface area contributed by atoms with E-state index in [-0.39, 0.29) is 0 Å². The summed E-state index contributed by atoms with van der Waals surface area (Å²) in [6, 6.07) is 7.39. The molecule has 0 fully saturated rings. The molecule has 78 valence electrons. The van der Waals surface area contributed by atoms with Gasteiger partial charge >= 0.3 is 0 Å². The Morgan fingerprint density at radius 1 is 1.33 bits per heavy atom. The third-order valence-electron chi connectivity index (χ3n) is 2.36. The number of nitrogens with zero attached hydrogens (tertiary/aromatic N) is 1. The fourth-order valence-electron chi connectivity index (χ4n) is 1.61. The number of fused-ring (bicyclic) bond motifs is 1. The van der Waals surface area contributed by atoms with Crippen LogP contribution >= 0.6 is 0 Å². The average Bonchev–Trinajstić information content (AvgIpc) is 2.58. The Balaban J connectivity index is 2.90. The molecule has 2 aromatic rings. The van der Waals surface area contributed by atoms with E-state index < -0.39 is 10.0 Å². The zero-order chi connectivity index (χ0) is 11.1. The van der Waals surface area contributed by atoms with Crippen LogP contribution in [0.15, 0.2) is 42.4 Å². The fraction of sp³-hybridized carbons (Fsp3) is 0.0909. The number of rotatable bonds is 2. The normalized spacial score (nSPS) is 11.8. The Hall–Kier alpha value is -1.55. The Morgan fingerprint density at radius 2 is 2.00 bits per heavy atom. The maximum absolute atomic E-state index is 11.7. The molecule has 3 nitrogen and oxygen atoms in total. The first kappa shape index (κ1) is 9.98. The minimum Gasteiger partial charge on any atom is -0.241 e. The van der Waals surface area contributed by atoms with Crippen molar-refractivity contribution in [2.75, 3.05) is 0 Å². The minimum absolute atomic E-state index is 0.690. The summed E-state index contributed by atoms with van der Waals surface area (Å²) < 4.78 is 24.6. The van der Waals surface area contributed by atoms with Crippen molar-refractivity contribution >= 4 is 20.9 Å². The van der Waals surface area contributed by atoms with E-state index in [1.807, 2.05) is 25.1 Å². The van der Waals surface area contributed by atoms with Crippen LogP contribution in [0.4, 0.5) is 0 Å². The predicted octanol–water partition coefficient (Wildman–Crippen LogP) is 2.27. The van der Waals surface area contributed by atoms with Crippen molar-refractivity contribution in [3.05, 3.63) is 48.0 Å². The Bertz CT molecular complexity index is 623. The van der Waals surface area contributed by atoms with E-state index in [4.69, 9.17) is 0 Å². The van der Waals surface area contributed by atoms with Gasteiger partial charge in [0.25, 0.3) is 10.0 Å². The number of para-hydroxylation sites is 1. The molecule has 0 radical (unpaired) electrons. The van der Waals surface area contributed by atoms with Crippen molar-refractivity contribution in [1.82, 2.24) is 3.97 Å². The van der Waals surface area contributed by atoms with Crippen LogP contribution in [0, 0.1) is 6.92 Å². The van der Waals surface area contributed by atoms with Gasteiger partial charge in [0.1, 0.15) is 0 Å². The molecule has 4 heteroatoms. The smallest absolute Gasteiger partial charge is 0.241 e. The summed E-state index contributed by atoms with van der Waals surface area (Å²) in [4.78, 5) is 0. The first-order chi connectivity index (χ1) is 7.06. The maximum atomic E-state index is 11.7. The molecule has 0 aliphatic carbocycles. The largest absolute Gasteiger partial charge is 0.260 e. The molecular formula is C11H11NO2S. The summed E-state index contributed by atoms with van der Waals surface area (Å²) in [5, 5.41) is 1.90. The summed E-state index contributed by atoms with van der Waals surface area (Å²) in [5.41, 5.74) is 1.63. The van der Waals surface area contributed by atoms with E-state index in [2.05, 4.69) is 6.58 Å². The van der Waals surface area contributed by atoms with Gasteiger partial charge in [-0.1, -0.05) is 24.8 Å². The third-order valence-corrected chi connectivity index (χ3v) is 3.63. The van der Waals surface area contributed by atoms with Gasteiger partial charge in [-0.2, -0.15) is 0 Å². The number of aromatic nitrogens is 1. The molecule has 0 unspecified atom stereocenters. The fourth-order valence-corrected chi connectivity index (χ4v) is 2.50. The zero-order valence-electron chi connectivity index (χ0n) is 8.34. The van der Waals surface area contributed by atoms with Crippen LogP contribution in [0.5, 0.6) is 0 Å². The molecule has 0 bridgehead atoms. The highest BCUT2D eigenvalue weighted by molar-refractivity contribution is 7.92. The quantitative estimate of drug-likeness (QED) is 0.780.